The van der Waals surface area contributed by atoms with Gasteiger partial charge in [0, 0.05) is 12.2 Å². The lowest BCUT2D eigenvalue weighted by Crippen LogP contribution is -2.29. The fourth-order valence-electron chi connectivity index (χ4n) is 2.05. The summed E-state index contributed by atoms with van der Waals surface area (Å²) in [4.78, 5) is 11.7. The van der Waals surface area contributed by atoms with Gasteiger partial charge in [-0.05, 0) is 43.4 Å². The predicted octanol–water partition coefficient (Wildman–Crippen LogP) is 3.05. The topological polar surface area (TPSA) is 61.4 Å². The first-order valence-electron chi connectivity index (χ1n) is 6.98. The van der Waals surface area contributed by atoms with Crippen molar-refractivity contribution in [1.29, 1.82) is 0 Å². The normalized spacial score (nSPS) is 15.9. The number of carbonyl (C=O) groups excluding carboxylic acids is 1. The molecule has 2 rings (SSSR count). The molecule has 1 aromatic carbocycles. The molecule has 0 spiro atoms. The van der Waals surface area contributed by atoms with Crippen LogP contribution < -0.4 is 10.6 Å². The first-order chi connectivity index (χ1) is 9.15. The third kappa shape index (κ3) is 4.91. The number of nitrogens with one attached hydrogen (secondary N) is 2. The molecule has 0 aromatic heterocycles. The maximum atomic E-state index is 11.7. The molecule has 0 bridgehead atoms. The highest BCUT2D eigenvalue weighted by Crippen LogP contribution is 2.33. The van der Waals surface area contributed by atoms with Crippen molar-refractivity contribution < 1.29 is 9.90 Å². The van der Waals surface area contributed by atoms with Gasteiger partial charge in [-0.3, -0.25) is 0 Å². The summed E-state index contributed by atoms with van der Waals surface area (Å²) < 4.78 is 0. The van der Waals surface area contributed by atoms with Gasteiger partial charge in [-0.2, -0.15) is 0 Å². The van der Waals surface area contributed by atoms with Gasteiger partial charge in [-0.25, -0.2) is 4.79 Å². The quantitative estimate of drug-likeness (QED) is 0.690. The van der Waals surface area contributed by atoms with Crippen LogP contribution in [-0.2, 0) is 0 Å². The molecule has 2 amide bonds. The lowest BCUT2D eigenvalue weighted by Gasteiger charge is -2.10. The Balaban J connectivity index is 1.72. The van der Waals surface area contributed by atoms with Crippen LogP contribution in [0.15, 0.2) is 24.3 Å². The standard InChI is InChI=1S/C15H22N2O2/c1-11(18)13-5-2-6-14(10-13)17-15(19)16-9-3-4-12-7-8-12/h2,5-6,10-12,18H,3-4,7-9H2,1H3,(H2,16,17,19). The molecule has 104 valence electrons. The third-order valence-corrected chi connectivity index (χ3v) is 3.40. The van der Waals surface area contributed by atoms with Gasteiger partial charge >= 0.3 is 6.03 Å². The van der Waals surface area contributed by atoms with Gasteiger partial charge in [-0.1, -0.05) is 25.0 Å². The number of carbonyl (C=O) groups is 1. The lowest BCUT2D eigenvalue weighted by molar-refractivity contribution is 0.199. The van der Waals surface area contributed by atoms with Crippen molar-refractivity contribution in [2.45, 2.75) is 38.7 Å². The number of benzene rings is 1. The summed E-state index contributed by atoms with van der Waals surface area (Å²) in [5, 5.41) is 15.1. The van der Waals surface area contributed by atoms with E-state index in [1.54, 1.807) is 13.0 Å². The van der Waals surface area contributed by atoms with Crippen LogP contribution in [0.1, 0.15) is 44.3 Å². The highest BCUT2D eigenvalue weighted by molar-refractivity contribution is 5.89. The van der Waals surface area contributed by atoms with E-state index in [4.69, 9.17) is 0 Å². The highest BCUT2D eigenvalue weighted by atomic mass is 16.3. The third-order valence-electron chi connectivity index (χ3n) is 3.40. The molecule has 1 aromatic rings. The van der Waals surface area contributed by atoms with Crippen molar-refractivity contribution in [3.05, 3.63) is 29.8 Å². The molecule has 4 nitrogen and oxygen atoms in total. The Kier molecular flexibility index (Phi) is 4.80. The van der Waals surface area contributed by atoms with Gasteiger partial charge in [0.25, 0.3) is 0 Å². The van der Waals surface area contributed by atoms with Gasteiger partial charge < -0.3 is 15.7 Å². The fraction of sp³-hybridized carbons (Fsp3) is 0.533. The Labute approximate surface area is 114 Å². The molecule has 0 aliphatic heterocycles. The molecule has 0 radical (unpaired) electrons. The summed E-state index contributed by atoms with van der Waals surface area (Å²) in [5.41, 5.74) is 1.50. The molecule has 1 saturated carbocycles. The lowest BCUT2D eigenvalue weighted by atomic mass is 10.1. The molecular formula is C15H22N2O2. The second-order valence-corrected chi connectivity index (χ2v) is 5.27. The summed E-state index contributed by atoms with van der Waals surface area (Å²) in [7, 11) is 0. The molecule has 1 aliphatic carbocycles. The maximum Gasteiger partial charge on any atom is 0.319 e. The number of aliphatic hydroxyl groups excluding tert-OH is 1. The van der Waals surface area contributed by atoms with Crippen LogP contribution in [0, 0.1) is 5.92 Å². The van der Waals surface area contributed by atoms with Crippen molar-refractivity contribution >= 4 is 11.7 Å². The van der Waals surface area contributed by atoms with Crippen molar-refractivity contribution in [3.63, 3.8) is 0 Å². The van der Waals surface area contributed by atoms with Crippen LogP contribution in [-0.4, -0.2) is 17.7 Å². The largest absolute Gasteiger partial charge is 0.389 e. The first kappa shape index (κ1) is 13.9. The van der Waals surface area contributed by atoms with Crippen LogP contribution in [0.5, 0.6) is 0 Å². The number of rotatable bonds is 6. The Morgan fingerprint density at radius 2 is 2.26 bits per heavy atom. The minimum Gasteiger partial charge on any atom is -0.389 e. The Morgan fingerprint density at radius 1 is 1.47 bits per heavy atom. The van der Waals surface area contributed by atoms with Gasteiger partial charge in [0.1, 0.15) is 0 Å². The van der Waals surface area contributed by atoms with Crippen molar-refractivity contribution in [3.8, 4) is 0 Å². The van der Waals surface area contributed by atoms with Crippen LogP contribution >= 0.6 is 0 Å². The number of amides is 2. The number of hydrogen-bond donors (Lipinski definition) is 3. The second-order valence-electron chi connectivity index (χ2n) is 5.27. The van der Waals surface area contributed by atoms with E-state index in [2.05, 4.69) is 10.6 Å². The number of anilines is 1. The van der Waals surface area contributed by atoms with Crippen LogP contribution in [0.4, 0.5) is 10.5 Å². The first-order valence-corrected chi connectivity index (χ1v) is 6.98. The van der Waals surface area contributed by atoms with Gasteiger partial charge in [0.05, 0.1) is 6.10 Å². The molecular weight excluding hydrogens is 240 g/mol. The Morgan fingerprint density at radius 3 is 2.95 bits per heavy atom. The molecule has 1 unspecified atom stereocenters. The average molecular weight is 262 g/mol. The van der Waals surface area contributed by atoms with Gasteiger partial charge in [0.15, 0.2) is 0 Å². The van der Waals surface area contributed by atoms with E-state index in [0.717, 1.165) is 24.4 Å². The molecule has 4 heteroatoms. The van der Waals surface area contributed by atoms with Gasteiger partial charge in [-0.15, -0.1) is 0 Å². The zero-order chi connectivity index (χ0) is 13.7. The zero-order valence-electron chi connectivity index (χ0n) is 11.4. The zero-order valence-corrected chi connectivity index (χ0v) is 11.4. The number of aliphatic hydroxyl groups is 1. The van der Waals surface area contributed by atoms with Crippen LogP contribution in [0.3, 0.4) is 0 Å². The predicted molar refractivity (Wildman–Crippen MR) is 76.1 cm³/mol. The molecule has 19 heavy (non-hydrogen) atoms. The monoisotopic (exact) mass is 262 g/mol. The molecule has 0 saturated heterocycles. The molecule has 3 N–H and O–H groups in total. The Hall–Kier alpha value is -1.55. The van der Waals surface area contributed by atoms with E-state index in [0.29, 0.717) is 5.69 Å². The average Bonchev–Trinajstić information content (AvgIpc) is 3.19. The van der Waals surface area contributed by atoms with Crippen molar-refractivity contribution in [2.24, 2.45) is 5.92 Å². The summed E-state index contributed by atoms with van der Waals surface area (Å²) in [6, 6.07) is 7.08. The van der Waals surface area contributed by atoms with Crippen LogP contribution in [0.2, 0.25) is 0 Å². The summed E-state index contributed by atoms with van der Waals surface area (Å²) in [5.74, 6) is 0.910. The summed E-state index contributed by atoms with van der Waals surface area (Å²) >= 11 is 0. The Bertz CT molecular complexity index is 428. The minimum absolute atomic E-state index is 0.182. The van der Waals surface area contributed by atoms with E-state index < -0.39 is 6.10 Å². The second kappa shape index (κ2) is 6.57. The van der Waals surface area contributed by atoms with E-state index >= 15 is 0 Å². The highest BCUT2D eigenvalue weighted by Gasteiger charge is 2.20. The fourth-order valence-corrected chi connectivity index (χ4v) is 2.05. The number of urea groups is 1. The summed E-state index contributed by atoms with van der Waals surface area (Å²) in [6.07, 6.45) is 4.46. The molecule has 0 heterocycles. The number of hydrogen-bond acceptors (Lipinski definition) is 2. The molecule has 1 aliphatic rings. The van der Waals surface area contributed by atoms with E-state index in [1.165, 1.54) is 19.3 Å². The smallest absolute Gasteiger partial charge is 0.319 e. The van der Waals surface area contributed by atoms with E-state index in [-0.39, 0.29) is 6.03 Å². The van der Waals surface area contributed by atoms with Gasteiger partial charge in [0.2, 0.25) is 0 Å². The van der Waals surface area contributed by atoms with E-state index in [9.17, 15) is 9.90 Å². The van der Waals surface area contributed by atoms with Crippen LogP contribution in [0.25, 0.3) is 0 Å². The summed E-state index contributed by atoms with van der Waals surface area (Å²) in [6.45, 7) is 2.43. The minimum atomic E-state index is -0.525. The molecule has 1 atom stereocenters. The molecule has 1 fully saturated rings. The van der Waals surface area contributed by atoms with Crippen molar-refractivity contribution in [2.75, 3.05) is 11.9 Å². The van der Waals surface area contributed by atoms with Crippen molar-refractivity contribution in [1.82, 2.24) is 5.32 Å². The maximum absolute atomic E-state index is 11.7. The van der Waals surface area contributed by atoms with E-state index in [1.807, 2.05) is 18.2 Å². The SMILES string of the molecule is CC(O)c1cccc(NC(=O)NCCCC2CC2)c1.